The van der Waals surface area contributed by atoms with Crippen LogP contribution in [0.25, 0.3) is 0 Å². The Morgan fingerprint density at radius 2 is 2.00 bits per heavy atom. The lowest BCUT2D eigenvalue weighted by Crippen LogP contribution is -2.34. The van der Waals surface area contributed by atoms with Crippen molar-refractivity contribution in [2.45, 2.75) is 28.8 Å². The Bertz CT molecular complexity index is 1330. The molecule has 1 aliphatic rings. The third kappa shape index (κ3) is 6.62. The highest BCUT2D eigenvalue weighted by Gasteiger charge is 2.23. The van der Waals surface area contributed by atoms with Crippen LogP contribution in [0.2, 0.25) is 0 Å². The van der Waals surface area contributed by atoms with Crippen LogP contribution in [0.4, 0.5) is 10.9 Å². The van der Waals surface area contributed by atoms with Crippen molar-refractivity contribution in [3.63, 3.8) is 0 Å². The Hall–Kier alpha value is -3.54. The van der Waals surface area contributed by atoms with Gasteiger partial charge in [-0.1, -0.05) is 18.2 Å². The molecule has 1 aliphatic heterocycles. The maximum atomic E-state index is 10.8. The Kier molecular flexibility index (Phi) is 8.24. The van der Waals surface area contributed by atoms with Gasteiger partial charge in [0.05, 0.1) is 19.3 Å². The third-order valence-corrected chi connectivity index (χ3v) is 7.52. The molecule has 37 heavy (non-hydrogen) atoms. The number of para-hydroxylation sites is 1. The van der Waals surface area contributed by atoms with Crippen molar-refractivity contribution in [3.05, 3.63) is 65.9 Å². The molecule has 0 bridgehead atoms. The molecule has 9 nitrogen and oxygen atoms in total. The minimum absolute atomic E-state index is 0.393. The lowest BCUT2D eigenvalue weighted by molar-refractivity contribution is -0.109. The van der Waals surface area contributed by atoms with E-state index in [1.54, 1.807) is 36.9 Å². The second-order valence-corrected chi connectivity index (χ2v) is 10.3. The molecule has 0 radical (unpaired) electrons. The first-order valence-corrected chi connectivity index (χ1v) is 13.6. The van der Waals surface area contributed by atoms with Crippen LogP contribution in [0.3, 0.4) is 0 Å². The standard InChI is InChI=1S/C26H26N6O3S2/c1-34-23-7-10-27-25(30-23)37-20-15-22(35-19-5-3-2-4-6-19)24(28-16-20)31-26-29-21(17-36-26)18-8-11-32(12-9-18)13-14-33/h2-7,10,14-18H,8-9,11-13H2,1H3,(H,28,29,31). The monoisotopic (exact) mass is 534 g/mol. The fourth-order valence-electron chi connectivity index (χ4n) is 4.01. The number of rotatable bonds is 10. The van der Waals surface area contributed by atoms with Crippen LogP contribution in [-0.2, 0) is 4.79 Å². The molecular weight excluding hydrogens is 508 g/mol. The van der Waals surface area contributed by atoms with Gasteiger partial charge in [0.25, 0.3) is 0 Å². The number of nitrogens with one attached hydrogen (secondary N) is 1. The van der Waals surface area contributed by atoms with Crippen molar-refractivity contribution in [2.24, 2.45) is 0 Å². The molecule has 4 aromatic rings. The van der Waals surface area contributed by atoms with Gasteiger partial charge in [-0.25, -0.2) is 15.0 Å². The van der Waals surface area contributed by atoms with E-state index in [0.29, 0.717) is 40.8 Å². The molecule has 0 saturated carbocycles. The average Bonchev–Trinajstić information content (AvgIpc) is 3.40. The number of methoxy groups -OCH3 is 1. The van der Waals surface area contributed by atoms with Gasteiger partial charge in [-0.15, -0.1) is 11.3 Å². The van der Waals surface area contributed by atoms with Gasteiger partial charge in [0.2, 0.25) is 5.88 Å². The summed E-state index contributed by atoms with van der Waals surface area (Å²) in [4.78, 5) is 32.0. The fourth-order valence-corrected chi connectivity index (χ4v) is 5.53. The molecule has 3 aromatic heterocycles. The van der Waals surface area contributed by atoms with Gasteiger partial charge < -0.3 is 19.6 Å². The van der Waals surface area contributed by atoms with E-state index < -0.39 is 0 Å². The van der Waals surface area contributed by atoms with Crippen LogP contribution in [0.5, 0.6) is 17.4 Å². The fraction of sp³-hybridized carbons (Fsp3) is 0.269. The molecule has 0 unspecified atom stereocenters. The lowest BCUT2D eigenvalue weighted by atomic mass is 9.94. The number of carbonyl (C=O) groups is 1. The number of anilines is 2. The summed E-state index contributed by atoms with van der Waals surface area (Å²) in [5.74, 6) is 2.73. The summed E-state index contributed by atoms with van der Waals surface area (Å²) in [6.07, 6.45) is 6.38. The highest BCUT2D eigenvalue weighted by molar-refractivity contribution is 7.99. The van der Waals surface area contributed by atoms with Gasteiger partial charge in [0.1, 0.15) is 12.0 Å². The Labute approximate surface area is 223 Å². The molecule has 0 atom stereocenters. The summed E-state index contributed by atoms with van der Waals surface area (Å²) in [7, 11) is 1.57. The van der Waals surface area contributed by atoms with Crippen molar-refractivity contribution >= 4 is 40.3 Å². The van der Waals surface area contributed by atoms with Gasteiger partial charge >= 0.3 is 0 Å². The van der Waals surface area contributed by atoms with Crippen LogP contribution in [0.15, 0.2) is 70.3 Å². The summed E-state index contributed by atoms with van der Waals surface area (Å²) < 4.78 is 11.4. The zero-order valence-corrected chi connectivity index (χ0v) is 21.9. The van der Waals surface area contributed by atoms with Crippen LogP contribution >= 0.6 is 23.1 Å². The molecular formula is C26H26N6O3S2. The second kappa shape index (κ2) is 12.1. The van der Waals surface area contributed by atoms with Crippen LogP contribution < -0.4 is 14.8 Å². The zero-order valence-electron chi connectivity index (χ0n) is 20.2. The number of ether oxygens (including phenoxy) is 2. The number of aromatic nitrogens is 4. The first-order chi connectivity index (χ1) is 18.2. The molecule has 190 valence electrons. The number of aldehydes is 1. The van der Waals surface area contributed by atoms with Crippen molar-refractivity contribution in [1.29, 1.82) is 0 Å². The topological polar surface area (TPSA) is 102 Å². The zero-order chi connectivity index (χ0) is 25.5. The molecule has 0 spiro atoms. The largest absolute Gasteiger partial charge is 0.481 e. The normalized spacial score (nSPS) is 14.3. The molecule has 11 heteroatoms. The maximum Gasteiger partial charge on any atom is 0.217 e. The minimum atomic E-state index is 0.393. The average molecular weight is 535 g/mol. The molecule has 0 aliphatic carbocycles. The number of nitrogens with zero attached hydrogens (tertiary/aromatic N) is 5. The number of pyridine rings is 1. The smallest absolute Gasteiger partial charge is 0.217 e. The summed E-state index contributed by atoms with van der Waals surface area (Å²) in [6.45, 7) is 2.33. The van der Waals surface area contributed by atoms with E-state index in [2.05, 4.69) is 30.5 Å². The van der Waals surface area contributed by atoms with E-state index >= 15 is 0 Å². The predicted molar refractivity (Wildman–Crippen MR) is 143 cm³/mol. The van der Waals surface area contributed by atoms with Crippen molar-refractivity contribution in [1.82, 2.24) is 24.8 Å². The maximum absolute atomic E-state index is 10.8. The first kappa shape index (κ1) is 25.1. The van der Waals surface area contributed by atoms with Crippen molar-refractivity contribution in [2.75, 3.05) is 32.1 Å². The van der Waals surface area contributed by atoms with Gasteiger partial charge in [-0.2, -0.15) is 4.98 Å². The molecule has 1 fully saturated rings. The highest BCUT2D eigenvalue weighted by atomic mass is 32.2. The van der Waals surface area contributed by atoms with Crippen LogP contribution in [0, 0.1) is 0 Å². The molecule has 1 N–H and O–H groups in total. The number of hydrogen-bond acceptors (Lipinski definition) is 11. The summed E-state index contributed by atoms with van der Waals surface area (Å²) >= 11 is 2.92. The molecule has 4 heterocycles. The molecule has 5 rings (SSSR count). The minimum Gasteiger partial charge on any atom is -0.481 e. The number of likely N-dealkylation sites (tertiary alicyclic amines) is 1. The van der Waals surface area contributed by atoms with Crippen LogP contribution in [-0.4, -0.2) is 57.9 Å². The molecule has 1 aromatic carbocycles. The summed E-state index contributed by atoms with van der Waals surface area (Å²) in [5.41, 5.74) is 1.08. The van der Waals surface area contributed by atoms with Gasteiger partial charge in [-0.05, 0) is 49.8 Å². The molecule has 1 saturated heterocycles. The van der Waals surface area contributed by atoms with E-state index in [9.17, 15) is 4.79 Å². The Morgan fingerprint density at radius 3 is 2.78 bits per heavy atom. The second-order valence-electron chi connectivity index (χ2n) is 8.36. The first-order valence-electron chi connectivity index (χ1n) is 11.9. The summed E-state index contributed by atoms with van der Waals surface area (Å²) in [6, 6.07) is 13.2. The number of benzene rings is 1. The quantitative estimate of drug-likeness (QED) is 0.210. The predicted octanol–water partition coefficient (Wildman–Crippen LogP) is 5.40. The Morgan fingerprint density at radius 1 is 1.16 bits per heavy atom. The SMILES string of the molecule is COc1ccnc(Sc2cnc(Nc3nc(C4CCN(CC=O)CC4)cs3)c(Oc3ccccc3)c2)n1. The van der Waals surface area contributed by atoms with E-state index in [1.165, 1.54) is 11.8 Å². The van der Waals surface area contributed by atoms with Crippen molar-refractivity contribution < 1.29 is 14.3 Å². The highest BCUT2D eigenvalue weighted by Crippen LogP contribution is 2.37. The van der Waals surface area contributed by atoms with E-state index in [-0.39, 0.29) is 0 Å². The number of thiazole rings is 1. The van der Waals surface area contributed by atoms with Gasteiger partial charge in [0.15, 0.2) is 21.9 Å². The number of hydrogen-bond donors (Lipinski definition) is 1. The van der Waals surface area contributed by atoms with E-state index in [1.807, 2.05) is 36.4 Å². The van der Waals surface area contributed by atoms with Crippen molar-refractivity contribution in [3.8, 4) is 17.4 Å². The number of carbonyl (C=O) groups excluding carboxylic acids is 1. The molecule has 0 amide bonds. The van der Waals surface area contributed by atoms with E-state index in [0.717, 1.165) is 47.9 Å². The van der Waals surface area contributed by atoms with E-state index in [4.69, 9.17) is 14.5 Å². The summed E-state index contributed by atoms with van der Waals surface area (Å²) in [5, 5.41) is 6.76. The van der Waals surface area contributed by atoms with Gasteiger partial charge in [0, 0.05) is 40.7 Å². The van der Waals surface area contributed by atoms with Gasteiger partial charge in [-0.3, -0.25) is 4.90 Å². The third-order valence-electron chi connectivity index (χ3n) is 5.91. The lowest BCUT2D eigenvalue weighted by Gasteiger charge is -2.29. The van der Waals surface area contributed by atoms with Crippen LogP contribution in [0.1, 0.15) is 24.5 Å². The number of piperidine rings is 1. The Balaban J connectivity index is 1.34.